The number of hydrogen-bond acceptors (Lipinski definition) is 4. The Morgan fingerprint density at radius 2 is 2.24 bits per heavy atom. The van der Waals surface area contributed by atoms with E-state index in [0.29, 0.717) is 9.70 Å². The van der Waals surface area contributed by atoms with Gasteiger partial charge in [-0.25, -0.2) is 0 Å². The van der Waals surface area contributed by atoms with Crippen molar-refractivity contribution in [2.24, 2.45) is 0 Å². The van der Waals surface area contributed by atoms with Crippen LogP contribution in [0.25, 0.3) is 0 Å². The van der Waals surface area contributed by atoms with Crippen molar-refractivity contribution in [1.82, 2.24) is 14.5 Å². The first-order chi connectivity index (χ1) is 7.89. The van der Waals surface area contributed by atoms with Crippen LogP contribution in [0.1, 0.15) is 42.6 Å². The van der Waals surface area contributed by atoms with Crippen molar-refractivity contribution in [3.8, 4) is 0 Å². The molecule has 17 heavy (non-hydrogen) atoms. The number of carbonyl (C=O) groups is 1. The minimum Gasteiger partial charge on any atom is -0.337 e. The zero-order valence-corrected chi connectivity index (χ0v) is 12.6. The van der Waals surface area contributed by atoms with E-state index in [1.165, 1.54) is 11.5 Å². The number of likely N-dealkylation sites (tertiary alicyclic amines) is 1. The van der Waals surface area contributed by atoms with E-state index in [9.17, 15) is 4.79 Å². The van der Waals surface area contributed by atoms with Crippen molar-refractivity contribution in [1.29, 1.82) is 0 Å². The second-order valence-electron chi connectivity index (χ2n) is 5.34. The normalized spacial score (nSPS) is 20.9. The summed E-state index contributed by atoms with van der Waals surface area (Å²) in [6.45, 7) is 7.75. The molecule has 1 aliphatic rings. The molecule has 2 rings (SSSR count). The lowest BCUT2D eigenvalue weighted by Gasteiger charge is -2.19. The minimum atomic E-state index is -0.133. The van der Waals surface area contributed by atoms with Gasteiger partial charge in [0.2, 0.25) is 0 Å². The van der Waals surface area contributed by atoms with Crippen LogP contribution < -0.4 is 0 Å². The third-order valence-corrected chi connectivity index (χ3v) is 4.27. The lowest BCUT2D eigenvalue weighted by molar-refractivity contribution is 0.0795. The first-order valence-corrected chi connectivity index (χ1v) is 7.34. The van der Waals surface area contributed by atoms with Crippen LogP contribution in [0.15, 0.2) is 0 Å². The van der Waals surface area contributed by atoms with E-state index >= 15 is 0 Å². The van der Waals surface area contributed by atoms with E-state index in [2.05, 4.69) is 46.3 Å². The Hall–Kier alpha value is -0.490. The number of hydrogen-bond donors (Lipinski definition) is 0. The number of aromatic nitrogens is 2. The molecule has 1 aliphatic heterocycles. The van der Waals surface area contributed by atoms with Gasteiger partial charge in [-0.05, 0) is 18.0 Å². The maximum absolute atomic E-state index is 12.4. The molecule has 1 amide bonds. The molecular formula is C11H16BrN3OS. The van der Waals surface area contributed by atoms with E-state index in [4.69, 9.17) is 0 Å². The van der Waals surface area contributed by atoms with Crippen molar-refractivity contribution in [3.05, 3.63) is 10.6 Å². The smallest absolute Gasteiger partial charge is 0.267 e. The van der Waals surface area contributed by atoms with Crippen LogP contribution in [0.4, 0.5) is 0 Å². The standard InChI is InChI=1S/C11H16BrN3OS/c1-11(2,3)9-8(17-14-13-9)10(16)15-5-4-7(12)6-15/h7H,4-6H2,1-3H3. The minimum absolute atomic E-state index is 0.0758. The zero-order chi connectivity index (χ0) is 12.6. The maximum atomic E-state index is 12.4. The van der Waals surface area contributed by atoms with Crippen molar-refractivity contribution in [2.75, 3.05) is 13.1 Å². The Balaban J connectivity index is 2.23. The molecule has 0 aromatic carbocycles. The van der Waals surface area contributed by atoms with Crippen molar-refractivity contribution in [3.63, 3.8) is 0 Å². The first kappa shape index (κ1) is 13.0. The molecule has 0 saturated carbocycles. The molecule has 2 heterocycles. The zero-order valence-electron chi connectivity index (χ0n) is 10.2. The van der Waals surface area contributed by atoms with Crippen molar-refractivity contribution >= 4 is 33.4 Å². The van der Waals surface area contributed by atoms with Crippen LogP contribution in [-0.2, 0) is 5.41 Å². The predicted molar refractivity (Wildman–Crippen MR) is 71.8 cm³/mol. The van der Waals surface area contributed by atoms with Crippen LogP contribution in [0.2, 0.25) is 0 Å². The highest BCUT2D eigenvalue weighted by molar-refractivity contribution is 9.09. The lowest BCUT2D eigenvalue weighted by Crippen LogP contribution is -2.30. The average Bonchev–Trinajstić information content (AvgIpc) is 2.83. The van der Waals surface area contributed by atoms with Gasteiger partial charge < -0.3 is 4.90 Å². The number of nitrogens with zero attached hydrogens (tertiary/aromatic N) is 3. The number of alkyl halides is 1. The van der Waals surface area contributed by atoms with Gasteiger partial charge in [-0.3, -0.25) is 4.79 Å². The Morgan fingerprint density at radius 1 is 1.53 bits per heavy atom. The molecule has 6 heteroatoms. The fourth-order valence-electron chi connectivity index (χ4n) is 1.87. The van der Waals surface area contributed by atoms with E-state index in [0.717, 1.165) is 25.2 Å². The molecule has 0 aliphatic carbocycles. The third kappa shape index (κ3) is 2.68. The molecule has 1 aromatic rings. The monoisotopic (exact) mass is 317 g/mol. The molecule has 0 bridgehead atoms. The second-order valence-corrected chi connectivity index (χ2v) is 7.39. The van der Waals surface area contributed by atoms with Gasteiger partial charge in [-0.1, -0.05) is 41.2 Å². The summed E-state index contributed by atoms with van der Waals surface area (Å²) in [5, 5.41) is 4.11. The van der Waals surface area contributed by atoms with E-state index < -0.39 is 0 Å². The van der Waals surface area contributed by atoms with Crippen LogP contribution in [0.5, 0.6) is 0 Å². The summed E-state index contributed by atoms with van der Waals surface area (Å²) in [5.41, 5.74) is 0.677. The fourth-order valence-corrected chi connectivity index (χ4v) is 3.27. The maximum Gasteiger partial charge on any atom is 0.267 e. The van der Waals surface area contributed by atoms with E-state index in [1.807, 2.05) is 4.90 Å². The molecule has 1 saturated heterocycles. The van der Waals surface area contributed by atoms with Crippen LogP contribution >= 0.6 is 27.5 Å². The van der Waals surface area contributed by atoms with E-state index in [1.54, 1.807) is 0 Å². The average molecular weight is 318 g/mol. The summed E-state index contributed by atoms with van der Waals surface area (Å²) in [4.78, 5) is 15.4. The van der Waals surface area contributed by atoms with Gasteiger partial charge in [0.1, 0.15) is 4.88 Å². The van der Waals surface area contributed by atoms with Crippen molar-refractivity contribution in [2.45, 2.75) is 37.4 Å². The summed E-state index contributed by atoms with van der Waals surface area (Å²) in [5.74, 6) is 0.0758. The summed E-state index contributed by atoms with van der Waals surface area (Å²) < 4.78 is 3.93. The summed E-state index contributed by atoms with van der Waals surface area (Å²) in [7, 11) is 0. The Kier molecular flexibility index (Phi) is 3.54. The SMILES string of the molecule is CC(C)(C)c1nnsc1C(=O)N1CCC(Br)C1. The highest BCUT2D eigenvalue weighted by Crippen LogP contribution is 2.28. The van der Waals surface area contributed by atoms with Crippen LogP contribution in [-0.4, -0.2) is 38.3 Å². The summed E-state index contributed by atoms with van der Waals surface area (Å²) >= 11 is 4.75. The molecule has 0 radical (unpaired) electrons. The van der Waals surface area contributed by atoms with E-state index in [-0.39, 0.29) is 11.3 Å². The quantitative estimate of drug-likeness (QED) is 0.747. The summed E-state index contributed by atoms with van der Waals surface area (Å²) in [6, 6.07) is 0. The highest BCUT2D eigenvalue weighted by Gasteiger charge is 2.31. The van der Waals surface area contributed by atoms with Crippen LogP contribution in [0.3, 0.4) is 0 Å². The van der Waals surface area contributed by atoms with Crippen molar-refractivity contribution < 1.29 is 4.79 Å². The molecule has 1 fully saturated rings. The topological polar surface area (TPSA) is 46.1 Å². The molecule has 1 aromatic heterocycles. The van der Waals surface area contributed by atoms with Crippen LogP contribution in [0, 0.1) is 0 Å². The molecule has 0 N–H and O–H groups in total. The Morgan fingerprint density at radius 3 is 2.76 bits per heavy atom. The third-order valence-electron chi connectivity index (χ3n) is 2.81. The Bertz CT molecular complexity index is 427. The molecular weight excluding hydrogens is 302 g/mol. The highest BCUT2D eigenvalue weighted by atomic mass is 79.9. The molecule has 0 spiro atoms. The Labute approximate surface area is 114 Å². The number of rotatable bonds is 1. The molecule has 1 atom stereocenters. The molecule has 1 unspecified atom stereocenters. The lowest BCUT2D eigenvalue weighted by atomic mass is 9.91. The van der Waals surface area contributed by atoms with Gasteiger partial charge >= 0.3 is 0 Å². The number of halogens is 1. The van der Waals surface area contributed by atoms with Gasteiger partial charge in [-0.2, -0.15) is 0 Å². The van der Waals surface area contributed by atoms with Gasteiger partial charge in [0.05, 0.1) is 5.69 Å². The number of carbonyl (C=O) groups excluding carboxylic acids is 1. The molecule has 4 nitrogen and oxygen atoms in total. The predicted octanol–water partition coefficient (Wildman–Crippen LogP) is 2.45. The first-order valence-electron chi connectivity index (χ1n) is 5.66. The summed E-state index contributed by atoms with van der Waals surface area (Å²) in [6.07, 6.45) is 1.02. The second kappa shape index (κ2) is 4.65. The van der Waals surface area contributed by atoms with Gasteiger partial charge in [0, 0.05) is 23.3 Å². The molecule has 94 valence electrons. The number of amides is 1. The fraction of sp³-hybridized carbons (Fsp3) is 0.727. The largest absolute Gasteiger partial charge is 0.337 e. The van der Waals surface area contributed by atoms with Gasteiger partial charge in [0.15, 0.2) is 0 Å². The van der Waals surface area contributed by atoms with Gasteiger partial charge in [0.25, 0.3) is 5.91 Å². The van der Waals surface area contributed by atoms with Gasteiger partial charge in [-0.15, -0.1) is 5.10 Å².